The Morgan fingerprint density at radius 2 is 2.13 bits per heavy atom. The number of hydrogen-bond acceptors (Lipinski definition) is 2. The van der Waals surface area contributed by atoms with Gasteiger partial charge in [-0.1, -0.05) is 29.8 Å². The van der Waals surface area contributed by atoms with E-state index in [4.69, 9.17) is 4.74 Å². The van der Waals surface area contributed by atoms with Crippen molar-refractivity contribution < 1.29 is 9.53 Å². The van der Waals surface area contributed by atoms with Crippen molar-refractivity contribution in [1.29, 1.82) is 0 Å². The van der Waals surface area contributed by atoms with E-state index in [9.17, 15) is 4.79 Å². The number of carbonyl (C=O) groups is 1. The number of Topliss-reactive ketones (excluding diaryl/α,β-unsaturated/α-hetero) is 1. The Labute approximate surface area is 98.8 Å². The summed E-state index contributed by atoms with van der Waals surface area (Å²) in [5, 5.41) is 0. The number of rotatable bonds is 4. The Hall–Kier alpha value is -0.830. The van der Waals surface area contributed by atoms with E-state index in [1.807, 2.05) is 26.0 Å². The third kappa shape index (κ3) is 3.34. The summed E-state index contributed by atoms with van der Waals surface area (Å²) in [5.74, 6) is 1.23. The van der Waals surface area contributed by atoms with Crippen LogP contribution in [0.3, 0.4) is 0 Å². The van der Waals surface area contributed by atoms with Crippen LogP contribution in [0.1, 0.15) is 30.6 Å². The lowest BCUT2D eigenvalue weighted by Crippen LogP contribution is -2.04. The number of hydrogen-bond donors (Lipinski definition) is 0. The summed E-state index contributed by atoms with van der Waals surface area (Å²) in [5.41, 5.74) is 0.697. The molecule has 0 radical (unpaired) electrons. The van der Waals surface area contributed by atoms with Gasteiger partial charge < -0.3 is 4.74 Å². The van der Waals surface area contributed by atoms with Gasteiger partial charge in [-0.15, -0.1) is 0 Å². The zero-order valence-corrected chi connectivity index (χ0v) is 10.8. The maximum atomic E-state index is 11.9. The number of carbonyl (C=O) groups excluding carboxylic acids is 1. The van der Waals surface area contributed by atoms with Gasteiger partial charge in [0, 0.05) is 16.5 Å². The summed E-state index contributed by atoms with van der Waals surface area (Å²) < 4.78 is 5.92. The van der Waals surface area contributed by atoms with E-state index in [1.54, 1.807) is 13.2 Å². The van der Waals surface area contributed by atoms with Gasteiger partial charge >= 0.3 is 0 Å². The minimum absolute atomic E-state index is 0.149. The second kappa shape index (κ2) is 5.31. The van der Waals surface area contributed by atoms with Gasteiger partial charge in [0.2, 0.25) is 0 Å². The van der Waals surface area contributed by atoms with E-state index in [0.29, 0.717) is 23.7 Å². The van der Waals surface area contributed by atoms with Crippen molar-refractivity contribution in [3.8, 4) is 5.75 Å². The third-order valence-corrected chi connectivity index (χ3v) is 2.76. The Balaban J connectivity index is 2.96. The van der Waals surface area contributed by atoms with Gasteiger partial charge in [0.05, 0.1) is 7.11 Å². The Kier molecular flexibility index (Phi) is 4.33. The van der Waals surface area contributed by atoms with Crippen LogP contribution in [0.5, 0.6) is 5.75 Å². The molecule has 2 nitrogen and oxygen atoms in total. The van der Waals surface area contributed by atoms with Crippen LogP contribution >= 0.6 is 15.9 Å². The van der Waals surface area contributed by atoms with Crippen molar-refractivity contribution in [3.63, 3.8) is 0 Å². The first-order valence-corrected chi connectivity index (χ1v) is 5.70. The van der Waals surface area contributed by atoms with Gasteiger partial charge in [-0.3, -0.25) is 4.79 Å². The van der Waals surface area contributed by atoms with Gasteiger partial charge in [-0.25, -0.2) is 0 Å². The van der Waals surface area contributed by atoms with Gasteiger partial charge in [0.1, 0.15) is 5.75 Å². The van der Waals surface area contributed by atoms with Crippen LogP contribution in [0.2, 0.25) is 0 Å². The van der Waals surface area contributed by atoms with Crippen molar-refractivity contribution in [1.82, 2.24) is 0 Å². The number of ether oxygens (including phenoxy) is 1. The van der Waals surface area contributed by atoms with Crippen molar-refractivity contribution in [2.75, 3.05) is 7.11 Å². The standard InChI is InChI=1S/C12H15BrO2/c1-8(2)6-12(14)10-7-9(15-3)4-5-11(10)13/h4-5,7-8H,6H2,1-3H3. The zero-order valence-electron chi connectivity index (χ0n) is 9.21. The summed E-state index contributed by atoms with van der Waals surface area (Å²) in [6.45, 7) is 4.07. The molecule has 0 saturated heterocycles. The average molecular weight is 271 g/mol. The molecule has 0 bridgehead atoms. The second-order valence-electron chi connectivity index (χ2n) is 3.87. The maximum absolute atomic E-state index is 11.9. The fourth-order valence-electron chi connectivity index (χ4n) is 1.33. The molecule has 1 aromatic carbocycles. The van der Waals surface area contributed by atoms with Gasteiger partial charge in [0.25, 0.3) is 0 Å². The molecular formula is C12H15BrO2. The molecule has 0 aliphatic rings. The molecule has 0 aliphatic heterocycles. The quantitative estimate of drug-likeness (QED) is 0.781. The highest BCUT2D eigenvalue weighted by Gasteiger charge is 2.12. The third-order valence-electron chi connectivity index (χ3n) is 2.07. The van der Waals surface area contributed by atoms with E-state index in [-0.39, 0.29) is 5.78 Å². The molecule has 15 heavy (non-hydrogen) atoms. The molecule has 0 unspecified atom stereocenters. The number of methoxy groups -OCH3 is 1. The molecule has 3 heteroatoms. The topological polar surface area (TPSA) is 26.3 Å². The Bertz CT molecular complexity index is 359. The Morgan fingerprint density at radius 3 is 2.67 bits per heavy atom. The largest absolute Gasteiger partial charge is 0.497 e. The lowest BCUT2D eigenvalue weighted by molar-refractivity contribution is 0.0967. The SMILES string of the molecule is COc1ccc(Br)c(C(=O)CC(C)C)c1. The molecule has 0 aromatic heterocycles. The fourth-order valence-corrected chi connectivity index (χ4v) is 1.79. The van der Waals surface area contributed by atoms with Crippen LogP contribution in [0.4, 0.5) is 0 Å². The molecule has 1 rings (SSSR count). The molecule has 0 spiro atoms. The van der Waals surface area contributed by atoms with E-state index >= 15 is 0 Å². The molecule has 0 N–H and O–H groups in total. The fraction of sp³-hybridized carbons (Fsp3) is 0.417. The average Bonchev–Trinajstić information content (AvgIpc) is 2.17. The van der Waals surface area contributed by atoms with Gasteiger partial charge in [0.15, 0.2) is 5.78 Å². The monoisotopic (exact) mass is 270 g/mol. The number of halogens is 1. The summed E-state index contributed by atoms with van der Waals surface area (Å²) in [7, 11) is 1.60. The number of benzene rings is 1. The molecular weight excluding hydrogens is 256 g/mol. The van der Waals surface area contributed by atoms with E-state index in [2.05, 4.69) is 15.9 Å². The van der Waals surface area contributed by atoms with E-state index < -0.39 is 0 Å². The first-order chi connectivity index (χ1) is 7.04. The predicted octanol–water partition coefficient (Wildman–Crippen LogP) is 3.69. The van der Waals surface area contributed by atoms with E-state index in [1.165, 1.54) is 0 Å². The minimum atomic E-state index is 0.149. The molecule has 0 amide bonds. The lowest BCUT2D eigenvalue weighted by Gasteiger charge is -2.08. The summed E-state index contributed by atoms with van der Waals surface area (Å²) in [6.07, 6.45) is 0.561. The Morgan fingerprint density at radius 1 is 1.47 bits per heavy atom. The molecule has 0 saturated carbocycles. The van der Waals surface area contributed by atoms with Crippen LogP contribution < -0.4 is 4.74 Å². The number of ketones is 1. The van der Waals surface area contributed by atoms with Crippen LogP contribution in [0, 0.1) is 5.92 Å². The van der Waals surface area contributed by atoms with Crippen LogP contribution in [0.25, 0.3) is 0 Å². The first-order valence-electron chi connectivity index (χ1n) is 4.91. The van der Waals surface area contributed by atoms with Crippen LogP contribution in [-0.4, -0.2) is 12.9 Å². The molecule has 0 atom stereocenters. The normalized spacial score (nSPS) is 10.5. The minimum Gasteiger partial charge on any atom is -0.497 e. The lowest BCUT2D eigenvalue weighted by atomic mass is 10.0. The molecule has 0 aliphatic carbocycles. The van der Waals surface area contributed by atoms with Crippen molar-refractivity contribution in [2.45, 2.75) is 20.3 Å². The summed E-state index contributed by atoms with van der Waals surface area (Å²) >= 11 is 3.37. The van der Waals surface area contributed by atoms with Crippen molar-refractivity contribution in [3.05, 3.63) is 28.2 Å². The predicted molar refractivity (Wildman–Crippen MR) is 64.5 cm³/mol. The summed E-state index contributed by atoms with van der Waals surface area (Å²) in [6, 6.07) is 5.44. The molecule has 1 aromatic rings. The first kappa shape index (κ1) is 12.2. The smallest absolute Gasteiger partial charge is 0.164 e. The van der Waals surface area contributed by atoms with Crippen LogP contribution in [-0.2, 0) is 0 Å². The van der Waals surface area contributed by atoms with Crippen molar-refractivity contribution >= 4 is 21.7 Å². The molecule has 0 heterocycles. The molecule has 0 fully saturated rings. The second-order valence-corrected chi connectivity index (χ2v) is 4.72. The maximum Gasteiger partial charge on any atom is 0.164 e. The summed E-state index contributed by atoms with van der Waals surface area (Å²) in [4.78, 5) is 11.9. The highest BCUT2D eigenvalue weighted by Crippen LogP contribution is 2.24. The van der Waals surface area contributed by atoms with Gasteiger partial charge in [-0.2, -0.15) is 0 Å². The molecule has 82 valence electrons. The zero-order chi connectivity index (χ0) is 11.4. The highest BCUT2D eigenvalue weighted by atomic mass is 79.9. The van der Waals surface area contributed by atoms with E-state index in [0.717, 1.165) is 4.47 Å². The van der Waals surface area contributed by atoms with Gasteiger partial charge in [-0.05, 0) is 24.1 Å². The highest BCUT2D eigenvalue weighted by molar-refractivity contribution is 9.10. The van der Waals surface area contributed by atoms with Crippen LogP contribution in [0.15, 0.2) is 22.7 Å². The van der Waals surface area contributed by atoms with Crippen molar-refractivity contribution in [2.24, 2.45) is 5.92 Å².